The van der Waals surface area contributed by atoms with Crippen molar-refractivity contribution < 1.29 is 4.74 Å². The van der Waals surface area contributed by atoms with Crippen LogP contribution in [0.15, 0.2) is 18.2 Å². The van der Waals surface area contributed by atoms with E-state index in [0.29, 0.717) is 5.88 Å². The fourth-order valence-electron chi connectivity index (χ4n) is 2.39. The van der Waals surface area contributed by atoms with Crippen LogP contribution in [0.2, 0.25) is 0 Å². The van der Waals surface area contributed by atoms with Crippen molar-refractivity contribution >= 4 is 11.6 Å². The monoisotopic (exact) mass is 267 g/mol. The lowest BCUT2D eigenvalue weighted by molar-refractivity contribution is 0.0459. The van der Waals surface area contributed by atoms with Gasteiger partial charge >= 0.3 is 0 Å². The Labute approximate surface area is 115 Å². The summed E-state index contributed by atoms with van der Waals surface area (Å²) in [4.78, 5) is 0. The smallest absolute Gasteiger partial charge is 0.0484 e. The first-order valence-corrected chi connectivity index (χ1v) is 7.13. The van der Waals surface area contributed by atoms with E-state index in [9.17, 15) is 0 Å². The highest BCUT2D eigenvalue weighted by molar-refractivity contribution is 6.18. The predicted molar refractivity (Wildman–Crippen MR) is 76.3 cm³/mol. The highest BCUT2D eigenvalue weighted by Gasteiger charge is 2.31. The van der Waals surface area contributed by atoms with E-state index >= 15 is 0 Å². The maximum atomic E-state index is 6.16. The van der Waals surface area contributed by atoms with Gasteiger partial charge in [0.25, 0.3) is 0 Å². The molecule has 1 N–H and O–H groups in total. The molecule has 18 heavy (non-hydrogen) atoms. The maximum Gasteiger partial charge on any atom is 0.0484 e. The Kier molecular flexibility index (Phi) is 4.66. The minimum Gasteiger partial charge on any atom is -0.381 e. The normalized spacial score (nSPS) is 18.8. The first kappa shape index (κ1) is 13.9. The van der Waals surface area contributed by atoms with Crippen LogP contribution < -0.4 is 5.32 Å². The summed E-state index contributed by atoms with van der Waals surface area (Å²) in [6, 6.07) is 6.60. The molecule has 0 spiro atoms. The van der Waals surface area contributed by atoms with Gasteiger partial charge in [0.05, 0.1) is 0 Å². The molecule has 0 bridgehead atoms. The molecule has 2 rings (SSSR count). The fraction of sp³-hybridized carbons (Fsp3) is 0.600. The van der Waals surface area contributed by atoms with Gasteiger partial charge in [-0.05, 0) is 37.8 Å². The number of benzene rings is 1. The number of hydrogen-bond acceptors (Lipinski definition) is 2. The summed E-state index contributed by atoms with van der Waals surface area (Å²) in [5.41, 5.74) is 4.07. The zero-order chi connectivity index (χ0) is 13.0. The third kappa shape index (κ3) is 3.25. The van der Waals surface area contributed by atoms with Crippen molar-refractivity contribution in [3.8, 4) is 0 Å². The third-order valence-electron chi connectivity index (χ3n) is 3.86. The Bertz CT molecular complexity index is 399. The van der Waals surface area contributed by atoms with E-state index in [1.165, 1.54) is 16.7 Å². The average Bonchev–Trinajstić information content (AvgIpc) is 2.41. The molecular formula is C15H22ClNO. The zero-order valence-electron chi connectivity index (χ0n) is 11.3. The summed E-state index contributed by atoms with van der Waals surface area (Å²) < 4.78 is 5.42. The van der Waals surface area contributed by atoms with Crippen molar-refractivity contribution in [3.05, 3.63) is 34.9 Å². The van der Waals surface area contributed by atoms with Gasteiger partial charge in [0.15, 0.2) is 0 Å². The second-order valence-electron chi connectivity index (χ2n) is 5.31. The average molecular weight is 268 g/mol. The topological polar surface area (TPSA) is 21.3 Å². The molecule has 1 heterocycles. The van der Waals surface area contributed by atoms with Crippen molar-refractivity contribution in [1.82, 2.24) is 5.32 Å². The van der Waals surface area contributed by atoms with Gasteiger partial charge in [0, 0.05) is 31.2 Å². The van der Waals surface area contributed by atoms with Crippen LogP contribution >= 0.6 is 11.6 Å². The van der Waals surface area contributed by atoms with Crippen molar-refractivity contribution in [1.29, 1.82) is 0 Å². The van der Waals surface area contributed by atoms with Gasteiger partial charge in [0.2, 0.25) is 0 Å². The minimum atomic E-state index is 0.0516. The van der Waals surface area contributed by atoms with Gasteiger partial charge in [-0.2, -0.15) is 0 Å². The molecule has 0 unspecified atom stereocenters. The summed E-state index contributed by atoms with van der Waals surface area (Å²) in [7, 11) is 0. The number of rotatable bonds is 4. The lowest BCUT2D eigenvalue weighted by atomic mass is 9.91. The highest BCUT2D eigenvalue weighted by Crippen LogP contribution is 2.23. The van der Waals surface area contributed by atoms with E-state index in [-0.39, 0.29) is 5.54 Å². The van der Waals surface area contributed by atoms with Crippen LogP contribution in [0, 0.1) is 13.8 Å². The highest BCUT2D eigenvalue weighted by atomic mass is 35.5. The van der Waals surface area contributed by atoms with Gasteiger partial charge in [-0.25, -0.2) is 0 Å². The molecule has 0 amide bonds. The van der Waals surface area contributed by atoms with Crippen molar-refractivity contribution in [3.63, 3.8) is 0 Å². The van der Waals surface area contributed by atoms with Crippen molar-refractivity contribution in [2.45, 2.75) is 38.8 Å². The van der Waals surface area contributed by atoms with Gasteiger partial charge in [-0.15, -0.1) is 11.6 Å². The van der Waals surface area contributed by atoms with Crippen LogP contribution in [0.1, 0.15) is 29.5 Å². The molecule has 0 aromatic heterocycles. The molecule has 0 saturated carbocycles. The number of hydrogen-bond donors (Lipinski definition) is 1. The molecule has 1 aliphatic heterocycles. The molecule has 1 saturated heterocycles. The van der Waals surface area contributed by atoms with Crippen LogP contribution in [-0.4, -0.2) is 24.6 Å². The number of alkyl halides is 1. The second kappa shape index (κ2) is 6.05. The quantitative estimate of drug-likeness (QED) is 0.846. The Hall–Kier alpha value is -0.570. The lowest BCUT2D eigenvalue weighted by Crippen LogP contribution is -2.50. The molecule has 0 aliphatic carbocycles. The SMILES string of the molecule is Cc1ccc(C)c(CNC2(CCl)CCOCC2)c1. The molecule has 1 aromatic carbocycles. The maximum absolute atomic E-state index is 6.16. The molecule has 1 aromatic rings. The van der Waals surface area contributed by atoms with Crippen molar-refractivity contribution in [2.24, 2.45) is 0 Å². The number of ether oxygens (including phenoxy) is 1. The zero-order valence-corrected chi connectivity index (χ0v) is 12.0. The Morgan fingerprint density at radius 1 is 1.28 bits per heavy atom. The molecule has 2 nitrogen and oxygen atoms in total. The van der Waals surface area contributed by atoms with Gasteiger partial charge in [0.1, 0.15) is 0 Å². The van der Waals surface area contributed by atoms with Gasteiger partial charge in [-0.1, -0.05) is 23.8 Å². The van der Waals surface area contributed by atoms with E-state index in [1.54, 1.807) is 0 Å². The number of halogens is 1. The predicted octanol–water partition coefficient (Wildman–Crippen LogP) is 3.18. The first-order chi connectivity index (χ1) is 8.65. The third-order valence-corrected chi connectivity index (χ3v) is 4.38. The first-order valence-electron chi connectivity index (χ1n) is 6.60. The molecule has 0 radical (unpaired) electrons. The lowest BCUT2D eigenvalue weighted by Gasteiger charge is -2.36. The van der Waals surface area contributed by atoms with Gasteiger partial charge in [-0.3, -0.25) is 0 Å². The number of aryl methyl sites for hydroxylation is 2. The minimum absolute atomic E-state index is 0.0516. The van der Waals surface area contributed by atoms with Crippen LogP contribution in [0.3, 0.4) is 0 Å². The van der Waals surface area contributed by atoms with Gasteiger partial charge < -0.3 is 10.1 Å². The standard InChI is InChI=1S/C15H22ClNO/c1-12-3-4-13(2)14(9-12)10-17-15(11-16)5-7-18-8-6-15/h3-4,9,17H,5-8,10-11H2,1-2H3. The molecule has 1 aliphatic rings. The Morgan fingerprint density at radius 2 is 2.00 bits per heavy atom. The van der Waals surface area contributed by atoms with E-state index in [2.05, 4.69) is 37.4 Å². The van der Waals surface area contributed by atoms with Crippen molar-refractivity contribution in [2.75, 3.05) is 19.1 Å². The summed E-state index contributed by atoms with van der Waals surface area (Å²) >= 11 is 6.16. The van der Waals surface area contributed by atoms with E-state index in [0.717, 1.165) is 32.6 Å². The molecular weight excluding hydrogens is 246 g/mol. The van der Waals surface area contributed by atoms with Crippen LogP contribution in [-0.2, 0) is 11.3 Å². The van der Waals surface area contributed by atoms with Crippen LogP contribution in [0.25, 0.3) is 0 Å². The molecule has 100 valence electrons. The second-order valence-corrected chi connectivity index (χ2v) is 5.58. The summed E-state index contributed by atoms with van der Waals surface area (Å²) in [5, 5.41) is 3.66. The van der Waals surface area contributed by atoms with E-state index in [4.69, 9.17) is 16.3 Å². The molecule has 3 heteroatoms. The fourth-order valence-corrected chi connectivity index (χ4v) is 2.75. The molecule has 1 fully saturated rings. The Balaban J connectivity index is 2.03. The van der Waals surface area contributed by atoms with E-state index in [1.807, 2.05) is 0 Å². The summed E-state index contributed by atoms with van der Waals surface area (Å²) in [6.07, 6.45) is 2.00. The van der Waals surface area contributed by atoms with Crippen LogP contribution in [0.4, 0.5) is 0 Å². The molecule has 0 atom stereocenters. The largest absolute Gasteiger partial charge is 0.381 e. The van der Waals surface area contributed by atoms with Crippen LogP contribution in [0.5, 0.6) is 0 Å². The summed E-state index contributed by atoms with van der Waals surface area (Å²) in [5.74, 6) is 0.654. The number of nitrogens with one attached hydrogen (secondary N) is 1. The summed E-state index contributed by atoms with van der Waals surface area (Å²) in [6.45, 7) is 6.81. The Morgan fingerprint density at radius 3 is 2.67 bits per heavy atom. The van der Waals surface area contributed by atoms with E-state index < -0.39 is 0 Å².